The molecule has 2 aliphatic rings. The zero-order chi connectivity index (χ0) is 24.9. The molecule has 2 atom stereocenters. The summed E-state index contributed by atoms with van der Waals surface area (Å²) in [6.07, 6.45) is 3.50. The van der Waals surface area contributed by atoms with Gasteiger partial charge in [0, 0.05) is 23.2 Å². The van der Waals surface area contributed by atoms with Gasteiger partial charge >= 0.3 is 0 Å². The van der Waals surface area contributed by atoms with E-state index in [1.165, 1.54) is 4.90 Å². The van der Waals surface area contributed by atoms with Crippen LogP contribution in [-0.2, 0) is 14.3 Å². The van der Waals surface area contributed by atoms with Gasteiger partial charge in [0.25, 0.3) is 11.7 Å². The molecule has 186 valence electrons. The Morgan fingerprint density at radius 1 is 1.17 bits per heavy atom. The molecule has 0 aliphatic carbocycles. The smallest absolute Gasteiger partial charge is 0.295 e. The molecule has 4 rings (SSSR count). The van der Waals surface area contributed by atoms with E-state index in [-0.39, 0.29) is 24.0 Å². The molecule has 1 N–H and O–H groups in total. The summed E-state index contributed by atoms with van der Waals surface area (Å²) in [7, 11) is 1.55. The number of unbranched alkanes of at least 4 members (excludes halogenated alkanes) is 1. The van der Waals surface area contributed by atoms with Crippen molar-refractivity contribution in [2.24, 2.45) is 0 Å². The van der Waals surface area contributed by atoms with Crippen molar-refractivity contribution in [1.82, 2.24) is 4.90 Å². The topological polar surface area (TPSA) is 85.3 Å². The molecule has 35 heavy (non-hydrogen) atoms. The van der Waals surface area contributed by atoms with Crippen molar-refractivity contribution in [2.45, 2.75) is 44.8 Å². The Morgan fingerprint density at radius 3 is 2.60 bits per heavy atom. The fraction of sp³-hybridized carbons (Fsp3) is 0.407. The molecule has 2 aliphatic heterocycles. The van der Waals surface area contributed by atoms with Crippen molar-refractivity contribution < 1.29 is 28.9 Å². The third-order valence-electron chi connectivity index (χ3n) is 6.34. The first-order valence-electron chi connectivity index (χ1n) is 11.9. The second-order valence-corrected chi connectivity index (χ2v) is 9.62. The number of nitrogens with zero attached hydrogens (tertiary/aromatic N) is 1. The maximum atomic E-state index is 13.2. The standard InChI is InChI=1S/C27H30BrNO6/c1-3-4-13-35-21-12-9-18(15-22(21)33-2)24-23(25(30)17-7-10-19(28)11-8-17)26(31)27(32)29(24)16-20-6-5-14-34-20/h7-12,15,20,24,30H,3-6,13-14,16H2,1-2H3/b25-23+. The maximum absolute atomic E-state index is 13.2. The minimum absolute atomic E-state index is 0.0528. The van der Waals surface area contributed by atoms with Crippen LogP contribution in [0, 0.1) is 0 Å². The number of aliphatic hydroxyl groups excluding tert-OH is 1. The summed E-state index contributed by atoms with van der Waals surface area (Å²) in [5.41, 5.74) is 1.16. The number of halogens is 1. The Balaban J connectivity index is 1.78. The van der Waals surface area contributed by atoms with E-state index in [1.54, 1.807) is 43.5 Å². The van der Waals surface area contributed by atoms with Crippen LogP contribution < -0.4 is 9.47 Å². The number of rotatable bonds is 9. The van der Waals surface area contributed by atoms with Crippen LogP contribution in [0.5, 0.6) is 11.5 Å². The molecule has 2 fully saturated rings. The molecule has 1 amide bonds. The summed E-state index contributed by atoms with van der Waals surface area (Å²) >= 11 is 3.38. The molecular formula is C27H30BrNO6. The van der Waals surface area contributed by atoms with E-state index in [1.807, 2.05) is 6.07 Å². The highest BCUT2D eigenvalue weighted by molar-refractivity contribution is 9.10. The van der Waals surface area contributed by atoms with Gasteiger partial charge in [0.1, 0.15) is 5.76 Å². The summed E-state index contributed by atoms with van der Waals surface area (Å²) < 4.78 is 18.0. The predicted molar refractivity (Wildman–Crippen MR) is 136 cm³/mol. The average molecular weight is 544 g/mol. The summed E-state index contributed by atoms with van der Waals surface area (Å²) in [6.45, 7) is 3.55. The largest absolute Gasteiger partial charge is 0.507 e. The van der Waals surface area contributed by atoms with E-state index in [2.05, 4.69) is 22.9 Å². The molecule has 0 bridgehead atoms. The van der Waals surface area contributed by atoms with Crippen LogP contribution in [0.4, 0.5) is 0 Å². The molecule has 0 saturated carbocycles. The number of ketones is 1. The van der Waals surface area contributed by atoms with Crippen LogP contribution in [-0.4, -0.2) is 54.7 Å². The fourth-order valence-corrected chi connectivity index (χ4v) is 4.75. The Labute approximate surface area is 213 Å². The summed E-state index contributed by atoms with van der Waals surface area (Å²) in [5, 5.41) is 11.2. The SMILES string of the molecule is CCCCOc1ccc(C2/C(=C(\O)c3ccc(Br)cc3)C(=O)C(=O)N2CC2CCCO2)cc1OC. The van der Waals surface area contributed by atoms with Crippen molar-refractivity contribution >= 4 is 33.4 Å². The van der Waals surface area contributed by atoms with Gasteiger partial charge < -0.3 is 24.2 Å². The average Bonchev–Trinajstić information content (AvgIpc) is 3.47. The lowest BCUT2D eigenvalue weighted by Gasteiger charge is -2.28. The van der Waals surface area contributed by atoms with Gasteiger partial charge in [-0.25, -0.2) is 0 Å². The molecular weight excluding hydrogens is 514 g/mol. The molecule has 0 radical (unpaired) electrons. The number of hydrogen-bond donors (Lipinski definition) is 1. The lowest BCUT2D eigenvalue weighted by atomic mass is 9.95. The number of likely N-dealkylation sites (tertiary alicyclic amines) is 1. The van der Waals surface area contributed by atoms with Crippen LogP contribution in [0.15, 0.2) is 52.5 Å². The molecule has 2 saturated heterocycles. The second kappa shape index (κ2) is 11.3. The zero-order valence-corrected chi connectivity index (χ0v) is 21.5. The van der Waals surface area contributed by atoms with Crippen LogP contribution in [0.25, 0.3) is 5.76 Å². The fourth-order valence-electron chi connectivity index (χ4n) is 4.49. The number of aliphatic hydroxyl groups is 1. The molecule has 2 heterocycles. The first-order chi connectivity index (χ1) is 16.9. The number of Topliss-reactive ketones (excluding diaryl/α,β-unsaturated/α-hetero) is 1. The highest BCUT2D eigenvalue weighted by Crippen LogP contribution is 2.42. The lowest BCUT2D eigenvalue weighted by molar-refractivity contribution is -0.140. The second-order valence-electron chi connectivity index (χ2n) is 8.71. The van der Waals surface area contributed by atoms with E-state index in [9.17, 15) is 14.7 Å². The van der Waals surface area contributed by atoms with Gasteiger partial charge in [0.15, 0.2) is 11.5 Å². The summed E-state index contributed by atoms with van der Waals surface area (Å²) in [5.74, 6) is -0.473. The Morgan fingerprint density at radius 2 is 1.94 bits per heavy atom. The summed E-state index contributed by atoms with van der Waals surface area (Å²) in [6, 6.07) is 11.6. The molecule has 2 aromatic carbocycles. The first-order valence-corrected chi connectivity index (χ1v) is 12.7. The minimum Gasteiger partial charge on any atom is -0.507 e. The molecule has 0 spiro atoms. The van der Waals surface area contributed by atoms with E-state index in [0.29, 0.717) is 35.8 Å². The lowest BCUT2D eigenvalue weighted by Crippen LogP contribution is -2.36. The van der Waals surface area contributed by atoms with Gasteiger partial charge in [-0.15, -0.1) is 0 Å². The van der Waals surface area contributed by atoms with Gasteiger partial charge in [-0.1, -0.05) is 47.5 Å². The van der Waals surface area contributed by atoms with Crippen molar-refractivity contribution in [3.8, 4) is 11.5 Å². The summed E-state index contributed by atoms with van der Waals surface area (Å²) in [4.78, 5) is 27.9. The van der Waals surface area contributed by atoms with E-state index >= 15 is 0 Å². The van der Waals surface area contributed by atoms with Gasteiger partial charge in [0.2, 0.25) is 0 Å². The van der Waals surface area contributed by atoms with Crippen molar-refractivity contribution in [2.75, 3.05) is 26.9 Å². The molecule has 7 nitrogen and oxygen atoms in total. The van der Waals surface area contributed by atoms with Crippen molar-refractivity contribution in [3.05, 3.63) is 63.6 Å². The third-order valence-corrected chi connectivity index (χ3v) is 6.87. The quantitative estimate of drug-likeness (QED) is 0.201. The normalized spacial score (nSPS) is 21.5. The monoisotopic (exact) mass is 543 g/mol. The molecule has 8 heteroatoms. The highest BCUT2D eigenvalue weighted by Gasteiger charge is 2.47. The third kappa shape index (κ3) is 5.38. The van der Waals surface area contributed by atoms with E-state index in [4.69, 9.17) is 14.2 Å². The number of hydrogen-bond acceptors (Lipinski definition) is 6. The van der Waals surface area contributed by atoms with Gasteiger partial charge in [-0.3, -0.25) is 9.59 Å². The molecule has 0 aromatic heterocycles. The van der Waals surface area contributed by atoms with Crippen molar-refractivity contribution in [1.29, 1.82) is 0 Å². The number of benzene rings is 2. The first kappa shape index (κ1) is 25.3. The highest BCUT2D eigenvalue weighted by atomic mass is 79.9. The number of carbonyl (C=O) groups excluding carboxylic acids is 2. The van der Waals surface area contributed by atoms with Gasteiger partial charge in [0.05, 0.1) is 31.4 Å². The minimum atomic E-state index is -0.776. The molecule has 2 aromatic rings. The number of methoxy groups -OCH3 is 1. The maximum Gasteiger partial charge on any atom is 0.295 e. The Hall–Kier alpha value is -2.84. The Kier molecular flexibility index (Phi) is 8.13. The number of ether oxygens (including phenoxy) is 3. The van der Waals surface area contributed by atoms with Crippen LogP contribution in [0.1, 0.15) is 49.8 Å². The van der Waals surface area contributed by atoms with Crippen LogP contribution >= 0.6 is 15.9 Å². The number of amides is 1. The van der Waals surface area contributed by atoms with Crippen molar-refractivity contribution in [3.63, 3.8) is 0 Å². The number of carbonyl (C=O) groups is 2. The zero-order valence-electron chi connectivity index (χ0n) is 20.0. The van der Waals surface area contributed by atoms with Gasteiger partial charge in [-0.2, -0.15) is 0 Å². The predicted octanol–water partition coefficient (Wildman–Crippen LogP) is 5.24. The molecule has 2 unspecified atom stereocenters. The Bertz CT molecular complexity index is 1110. The van der Waals surface area contributed by atoms with Crippen LogP contribution in [0.3, 0.4) is 0 Å². The van der Waals surface area contributed by atoms with Gasteiger partial charge in [-0.05, 0) is 49.1 Å². The van der Waals surface area contributed by atoms with E-state index in [0.717, 1.165) is 30.2 Å². The van der Waals surface area contributed by atoms with E-state index < -0.39 is 17.7 Å². The van der Waals surface area contributed by atoms with Crippen LogP contribution in [0.2, 0.25) is 0 Å².